The van der Waals surface area contributed by atoms with Crippen molar-refractivity contribution in [3.05, 3.63) is 96.1 Å². The molecule has 0 aliphatic rings. The molecule has 36 heavy (non-hydrogen) atoms. The zero-order valence-corrected chi connectivity index (χ0v) is 21.3. The van der Waals surface area contributed by atoms with Crippen molar-refractivity contribution in [2.24, 2.45) is 0 Å². The van der Waals surface area contributed by atoms with E-state index >= 15 is 0 Å². The van der Waals surface area contributed by atoms with Crippen LogP contribution in [0.2, 0.25) is 0 Å². The number of aryl methyl sites for hydroxylation is 1. The number of nitrogens with zero attached hydrogens (tertiary/aromatic N) is 2. The third-order valence-electron chi connectivity index (χ3n) is 5.62. The molecule has 0 saturated carbocycles. The number of thioether (sulfide) groups is 1. The molecule has 1 unspecified atom stereocenters. The second-order valence-corrected chi connectivity index (χ2v) is 9.62. The largest absolute Gasteiger partial charge is 0.494 e. The van der Waals surface area contributed by atoms with Crippen LogP contribution in [-0.2, 0) is 4.79 Å². The van der Waals surface area contributed by atoms with Crippen LogP contribution in [0.1, 0.15) is 25.0 Å². The van der Waals surface area contributed by atoms with Gasteiger partial charge in [0.15, 0.2) is 0 Å². The Balaban J connectivity index is 1.71. The molecule has 0 aliphatic carbocycles. The molecule has 3 aromatic carbocycles. The lowest BCUT2D eigenvalue weighted by molar-refractivity contribution is -0.115. The van der Waals surface area contributed by atoms with E-state index in [0.717, 1.165) is 39.4 Å². The SMILES string of the molecule is CCOc1ccc(-c2cc(-c3ccccc3)c(C#N)c(SC(C)C(=O)Nc3ccc(C)cc3)n2)cc1. The first-order chi connectivity index (χ1) is 17.5. The van der Waals surface area contributed by atoms with E-state index in [1.807, 2.05) is 106 Å². The number of anilines is 1. The number of rotatable bonds is 8. The number of ether oxygens (including phenoxy) is 1. The van der Waals surface area contributed by atoms with Crippen molar-refractivity contribution in [3.63, 3.8) is 0 Å². The van der Waals surface area contributed by atoms with Gasteiger partial charge in [-0.3, -0.25) is 4.79 Å². The highest BCUT2D eigenvalue weighted by molar-refractivity contribution is 8.00. The van der Waals surface area contributed by atoms with E-state index in [0.29, 0.717) is 17.2 Å². The van der Waals surface area contributed by atoms with E-state index in [2.05, 4.69) is 11.4 Å². The summed E-state index contributed by atoms with van der Waals surface area (Å²) in [5, 5.41) is 13.1. The molecule has 180 valence electrons. The molecule has 1 N–H and O–H groups in total. The van der Waals surface area contributed by atoms with Crippen molar-refractivity contribution >= 4 is 23.4 Å². The first kappa shape index (κ1) is 25.0. The smallest absolute Gasteiger partial charge is 0.237 e. The summed E-state index contributed by atoms with van der Waals surface area (Å²) in [5.74, 6) is 0.636. The standard InChI is InChI=1S/C30H27N3O2S/c1-4-35-25-16-12-23(13-17-25)28-18-26(22-8-6-5-7-9-22)27(19-31)30(33-28)36-21(3)29(34)32-24-14-10-20(2)11-15-24/h5-18,21H,4H2,1-3H3,(H,32,34). The normalized spacial score (nSPS) is 11.4. The summed E-state index contributed by atoms with van der Waals surface area (Å²) < 4.78 is 5.57. The molecule has 1 atom stereocenters. The molecule has 5 nitrogen and oxygen atoms in total. The minimum absolute atomic E-state index is 0.151. The number of carbonyl (C=O) groups is 1. The summed E-state index contributed by atoms with van der Waals surface area (Å²) in [6.45, 7) is 6.36. The zero-order chi connectivity index (χ0) is 25.5. The molecule has 1 aromatic heterocycles. The average Bonchev–Trinajstić information content (AvgIpc) is 2.90. The van der Waals surface area contributed by atoms with Crippen LogP contribution in [0.5, 0.6) is 5.75 Å². The van der Waals surface area contributed by atoms with Crippen LogP contribution in [-0.4, -0.2) is 22.7 Å². The molecule has 1 heterocycles. The maximum Gasteiger partial charge on any atom is 0.237 e. The summed E-state index contributed by atoms with van der Waals surface area (Å²) in [6.07, 6.45) is 0. The van der Waals surface area contributed by atoms with Crippen molar-refractivity contribution in [2.45, 2.75) is 31.0 Å². The molecule has 0 radical (unpaired) electrons. The Kier molecular flexibility index (Phi) is 8.04. The monoisotopic (exact) mass is 493 g/mol. The quantitative estimate of drug-likeness (QED) is 0.265. The Morgan fingerprint density at radius 3 is 2.36 bits per heavy atom. The van der Waals surface area contributed by atoms with Crippen LogP contribution in [0.4, 0.5) is 5.69 Å². The van der Waals surface area contributed by atoms with Crippen LogP contribution < -0.4 is 10.1 Å². The fourth-order valence-electron chi connectivity index (χ4n) is 3.70. The number of hydrogen-bond donors (Lipinski definition) is 1. The number of carbonyl (C=O) groups excluding carboxylic acids is 1. The van der Waals surface area contributed by atoms with Crippen molar-refractivity contribution in [3.8, 4) is 34.2 Å². The number of nitrogens with one attached hydrogen (secondary N) is 1. The van der Waals surface area contributed by atoms with Gasteiger partial charge in [0, 0.05) is 16.8 Å². The van der Waals surface area contributed by atoms with Crippen molar-refractivity contribution in [1.82, 2.24) is 4.98 Å². The average molecular weight is 494 g/mol. The first-order valence-corrected chi connectivity index (χ1v) is 12.6. The lowest BCUT2D eigenvalue weighted by Crippen LogP contribution is -2.22. The van der Waals surface area contributed by atoms with E-state index < -0.39 is 5.25 Å². The van der Waals surface area contributed by atoms with Gasteiger partial charge in [0.1, 0.15) is 16.8 Å². The number of nitriles is 1. The van der Waals surface area contributed by atoms with Gasteiger partial charge in [-0.2, -0.15) is 5.26 Å². The molecule has 6 heteroatoms. The second kappa shape index (κ2) is 11.6. The third-order valence-corrected chi connectivity index (χ3v) is 6.71. The van der Waals surface area contributed by atoms with Crippen molar-refractivity contribution in [1.29, 1.82) is 5.26 Å². The van der Waals surface area contributed by atoms with Gasteiger partial charge in [0.25, 0.3) is 0 Å². The van der Waals surface area contributed by atoms with Crippen molar-refractivity contribution in [2.75, 3.05) is 11.9 Å². The Morgan fingerprint density at radius 2 is 1.72 bits per heavy atom. The predicted octanol–water partition coefficient (Wildman–Crippen LogP) is 7.11. The molecule has 1 amide bonds. The molecular formula is C30H27N3O2S. The van der Waals surface area contributed by atoms with Gasteiger partial charge >= 0.3 is 0 Å². The minimum Gasteiger partial charge on any atom is -0.494 e. The fraction of sp³-hybridized carbons (Fsp3) is 0.167. The summed E-state index contributed by atoms with van der Waals surface area (Å²) in [4.78, 5) is 17.8. The number of benzene rings is 3. The van der Waals surface area contributed by atoms with Gasteiger partial charge in [-0.15, -0.1) is 0 Å². The minimum atomic E-state index is -0.467. The zero-order valence-electron chi connectivity index (χ0n) is 20.5. The highest BCUT2D eigenvalue weighted by Gasteiger charge is 2.21. The van der Waals surface area contributed by atoms with Gasteiger partial charge in [-0.25, -0.2) is 4.98 Å². The summed E-state index contributed by atoms with van der Waals surface area (Å²) in [5.41, 5.74) is 5.64. The van der Waals surface area contributed by atoms with E-state index in [1.165, 1.54) is 11.8 Å². The Hall–Kier alpha value is -4.08. The van der Waals surface area contributed by atoms with Gasteiger partial charge < -0.3 is 10.1 Å². The van der Waals surface area contributed by atoms with Crippen LogP contribution in [0.25, 0.3) is 22.4 Å². The summed E-state index contributed by atoms with van der Waals surface area (Å²) in [7, 11) is 0. The number of pyridine rings is 1. The molecule has 0 spiro atoms. The maximum absolute atomic E-state index is 13.0. The van der Waals surface area contributed by atoms with Crippen LogP contribution in [0, 0.1) is 18.3 Å². The number of aromatic nitrogens is 1. The fourth-order valence-corrected chi connectivity index (χ4v) is 4.62. The maximum atomic E-state index is 13.0. The lowest BCUT2D eigenvalue weighted by atomic mass is 9.99. The highest BCUT2D eigenvalue weighted by Crippen LogP contribution is 2.36. The van der Waals surface area contributed by atoms with Crippen molar-refractivity contribution < 1.29 is 9.53 Å². The molecular weight excluding hydrogens is 466 g/mol. The molecule has 0 fully saturated rings. The third kappa shape index (κ3) is 5.94. The summed E-state index contributed by atoms with van der Waals surface area (Å²) >= 11 is 1.28. The van der Waals surface area contributed by atoms with E-state index in [4.69, 9.17) is 9.72 Å². The number of hydrogen-bond acceptors (Lipinski definition) is 5. The second-order valence-electron chi connectivity index (χ2n) is 8.29. The molecule has 4 rings (SSSR count). The molecule has 0 saturated heterocycles. The van der Waals surface area contributed by atoms with E-state index in [1.54, 1.807) is 0 Å². The molecule has 0 bridgehead atoms. The Bertz CT molecular complexity index is 1380. The lowest BCUT2D eigenvalue weighted by Gasteiger charge is -2.16. The highest BCUT2D eigenvalue weighted by atomic mass is 32.2. The predicted molar refractivity (Wildman–Crippen MR) is 146 cm³/mol. The summed E-state index contributed by atoms with van der Waals surface area (Å²) in [6, 6.07) is 29.4. The topological polar surface area (TPSA) is 75.0 Å². The molecule has 0 aliphatic heterocycles. The van der Waals surface area contributed by atoms with Crippen LogP contribution >= 0.6 is 11.8 Å². The first-order valence-electron chi connectivity index (χ1n) is 11.8. The van der Waals surface area contributed by atoms with Gasteiger partial charge in [0.05, 0.1) is 23.1 Å². The van der Waals surface area contributed by atoms with E-state index in [9.17, 15) is 10.1 Å². The Labute approximate surface area is 216 Å². The molecule has 4 aromatic rings. The van der Waals surface area contributed by atoms with Crippen LogP contribution in [0.15, 0.2) is 90.0 Å². The number of amides is 1. The van der Waals surface area contributed by atoms with Gasteiger partial charge in [0.2, 0.25) is 5.91 Å². The van der Waals surface area contributed by atoms with E-state index in [-0.39, 0.29) is 5.91 Å². The Morgan fingerprint density at radius 1 is 1.03 bits per heavy atom. The van der Waals surface area contributed by atoms with Crippen LogP contribution in [0.3, 0.4) is 0 Å². The van der Waals surface area contributed by atoms with Gasteiger partial charge in [-0.1, -0.05) is 59.8 Å². The van der Waals surface area contributed by atoms with Gasteiger partial charge in [-0.05, 0) is 68.8 Å².